The lowest BCUT2D eigenvalue weighted by molar-refractivity contribution is 0.0665. The van der Waals surface area contributed by atoms with Crippen LogP contribution in [-0.4, -0.2) is 42.1 Å². The number of hydrogen-bond donors (Lipinski definition) is 1. The van der Waals surface area contributed by atoms with Gasteiger partial charge in [-0.1, -0.05) is 30.3 Å². The van der Waals surface area contributed by atoms with E-state index in [0.717, 1.165) is 43.0 Å². The molecule has 1 atom stereocenters. The van der Waals surface area contributed by atoms with Crippen LogP contribution in [0.3, 0.4) is 0 Å². The summed E-state index contributed by atoms with van der Waals surface area (Å²) in [7, 11) is 3.95. The summed E-state index contributed by atoms with van der Waals surface area (Å²) in [6.07, 6.45) is 2.29. The Kier molecular flexibility index (Phi) is 4.82. The number of rotatable bonds is 4. The number of carbonyl (C=O) groups is 1. The fraction of sp³-hybridized carbons (Fsp3) is 0.421. The Morgan fingerprint density at radius 2 is 2.00 bits per heavy atom. The molecule has 1 aromatic carbocycles. The molecule has 0 radical (unpaired) electrons. The summed E-state index contributed by atoms with van der Waals surface area (Å²) >= 11 is 0. The lowest BCUT2D eigenvalue weighted by atomic mass is 9.98. The average Bonchev–Trinajstić information content (AvgIpc) is 2.97. The van der Waals surface area contributed by atoms with Crippen LogP contribution in [0.2, 0.25) is 0 Å². The highest BCUT2D eigenvalue weighted by atomic mass is 16.2. The number of benzene rings is 1. The first-order valence-corrected chi connectivity index (χ1v) is 8.35. The number of likely N-dealkylation sites (tertiary alicyclic amines) is 1. The van der Waals surface area contributed by atoms with Gasteiger partial charge in [0.1, 0.15) is 5.69 Å². The van der Waals surface area contributed by atoms with Crippen molar-refractivity contribution in [2.75, 3.05) is 26.7 Å². The zero-order chi connectivity index (χ0) is 16.2. The van der Waals surface area contributed by atoms with Crippen molar-refractivity contribution in [1.29, 1.82) is 0 Å². The van der Waals surface area contributed by atoms with Crippen LogP contribution in [0.1, 0.15) is 23.3 Å². The summed E-state index contributed by atoms with van der Waals surface area (Å²) in [6.45, 7) is 2.70. The van der Waals surface area contributed by atoms with Crippen molar-refractivity contribution in [3.05, 3.63) is 48.2 Å². The molecule has 1 aromatic heterocycles. The Balaban J connectivity index is 1.79. The summed E-state index contributed by atoms with van der Waals surface area (Å²) in [5.74, 6) is 0.710. The lowest BCUT2D eigenvalue weighted by Gasteiger charge is -2.32. The molecule has 122 valence electrons. The summed E-state index contributed by atoms with van der Waals surface area (Å²) in [4.78, 5) is 14.9. The van der Waals surface area contributed by atoms with Gasteiger partial charge in [0.25, 0.3) is 5.91 Å². The molecule has 0 saturated carbocycles. The highest BCUT2D eigenvalue weighted by Crippen LogP contribution is 2.24. The molecule has 2 heterocycles. The molecule has 0 unspecified atom stereocenters. The number of nitrogens with one attached hydrogen (secondary N) is 1. The Morgan fingerprint density at radius 3 is 2.74 bits per heavy atom. The van der Waals surface area contributed by atoms with Crippen molar-refractivity contribution < 1.29 is 4.79 Å². The smallest absolute Gasteiger partial charge is 0.270 e. The molecule has 0 spiro atoms. The SMILES string of the molecule is CNC[C@H]1CCCN(C(=O)c2ccc(-c3ccccc3)n2C)C1. The van der Waals surface area contributed by atoms with Gasteiger partial charge in [-0.25, -0.2) is 0 Å². The zero-order valence-corrected chi connectivity index (χ0v) is 14.0. The van der Waals surface area contributed by atoms with Gasteiger partial charge in [-0.05, 0) is 50.0 Å². The van der Waals surface area contributed by atoms with E-state index < -0.39 is 0 Å². The molecular formula is C19H25N3O. The van der Waals surface area contributed by atoms with Crippen LogP contribution in [0.25, 0.3) is 11.3 Å². The molecule has 4 nitrogen and oxygen atoms in total. The maximum atomic E-state index is 12.9. The molecular weight excluding hydrogens is 286 g/mol. The normalized spacial score (nSPS) is 18.2. The van der Waals surface area contributed by atoms with Gasteiger partial charge >= 0.3 is 0 Å². The molecule has 2 aromatic rings. The van der Waals surface area contributed by atoms with Crippen molar-refractivity contribution >= 4 is 5.91 Å². The molecule has 1 N–H and O–H groups in total. The second-order valence-electron chi connectivity index (χ2n) is 6.35. The molecule has 3 rings (SSSR count). The third kappa shape index (κ3) is 3.32. The molecule has 23 heavy (non-hydrogen) atoms. The third-order valence-electron chi connectivity index (χ3n) is 4.71. The van der Waals surface area contributed by atoms with Gasteiger partial charge in [0, 0.05) is 25.8 Å². The minimum atomic E-state index is 0.149. The molecule has 1 amide bonds. The van der Waals surface area contributed by atoms with Crippen LogP contribution in [-0.2, 0) is 7.05 Å². The van der Waals surface area contributed by atoms with E-state index in [1.165, 1.54) is 6.42 Å². The maximum Gasteiger partial charge on any atom is 0.270 e. The minimum Gasteiger partial charge on any atom is -0.340 e. The first-order chi connectivity index (χ1) is 11.2. The zero-order valence-electron chi connectivity index (χ0n) is 14.0. The van der Waals surface area contributed by atoms with Crippen molar-refractivity contribution in [1.82, 2.24) is 14.8 Å². The van der Waals surface area contributed by atoms with Gasteiger partial charge < -0.3 is 14.8 Å². The number of carbonyl (C=O) groups excluding carboxylic acids is 1. The molecule has 0 aliphatic carbocycles. The number of hydrogen-bond acceptors (Lipinski definition) is 2. The van der Waals surface area contributed by atoms with E-state index in [9.17, 15) is 4.79 Å². The summed E-state index contributed by atoms with van der Waals surface area (Å²) in [5.41, 5.74) is 2.99. The van der Waals surface area contributed by atoms with Gasteiger partial charge in [-0.3, -0.25) is 4.79 Å². The molecule has 1 fully saturated rings. The van der Waals surface area contributed by atoms with E-state index in [4.69, 9.17) is 0 Å². The maximum absolute atomic E-state index is 12.9. The van der Waals surface area contributed by atoms with Crippen LogP contribution in [0, 0.1) is 5.92 Å². The van der Waals surface area contributed by atoms with E-state index in [2.05, 4.69) is 17.4 Å². The van der Waals surface area contributed by atoms with Crippen molar-refractivity contribution in [2.24, 2.45) is 13.0 Å². The van der Waals surface area contributed by atoms with E-state index >= 15 is 0 Å². The second-order valence-corrected chi connectivity index (χ2v) is 6.35. The van der Waals surface area contributed by atoms with E-state index in [0.29, 0.717) is 5.92 Å². The first kappa shape index (κ1) is 15.8. The Morgan fingerprint density at radius 1 is 1.22 bits per heavy atom. The van der Waals surface area contributed by atoms with Gasteiger partial charge in [0.2, 0.25) is 0 Å². The quantitative estimate of drug-likeness (QED) is 0.943. The van der Waals surface area contributed by atoms with E-state index in [-0.39, 0.29) is 5.91 Å². The number of nitrogens with zero attached hydrogens (tertiary/aromatic N) is 2. The van der Waals surface area contributed by atoms with Crippen LogP contribution in [0.4, 0.5) is 0 Å². The fourth-order valence-corrected chi connectivity index (χ4v) is 3.49. The Bertz CT molecular complexity index is 661. The van der Waals surface area contributed by atoms with Crippen molar-refractivity contribution in [3.63, 3.8) is 0 Å². The highest BCUT2D eigenvalue weighted by molar-refractivity contribution is 5.94. The Hall–Kier alpha value is -2.07. The fourth-order valence-electron chi connectivity index (χ4n) is 3.49. The molecule has 4 heteroatoms. The summed E-state index contributed by atoms with van der Waals surface area (Å²) in [5, 5.41) is 3.23. The van der Waals surface area contributed by atoms with Crippen molar-refractivity contribution in [2.45, 2.75) is 12.8 Å². The molecule has 0 bridgehead atoms. The van der Waals surface area contributed by atoms with Gasteiger partial charge in [0.15, 0.2) is 0 Å². The minimum absolute atomic E-state index is 0.149. The number of piperidine rings is 1. The van der Waals surface area contributed by atoms with E-state index in [1.54, 1.807) is 0 Å². The number of aromatic nitrogens is 1. The van der Waals surface area contributed by atoms with Crippen LogP contribution < -0.4 is 5.32 Å². The van der Waals surface area contributed by atoms with Crippen LogP contribution in [0.15, 0.2) is 42.5 Å². The summed E-state index contributed by atoms with van der Waals surface area (Å²) in [6, 6.07) is 14.2. The van der Waals surface area contributed by atoms with Gasteiger partial charge in [-0.15, -0.1) is 0 Å². The largest absolute Gasteiger partial charge is 0.340 e. The predicted molar refractivity (Wildman–Crippen MR) is 93.4 cm³/mol. The third-order valence-corrected chi connectivity index (χ3v) is 4.71. The van der Waals surface area contributed by atoms with Crippen LogP contribution >= 0.6 is 0 Å². The monoisotopic (exact) mass is 311 g/mol. The van der Waals surface area contributed by atoms with E-state index in [1.807, 2.05) is 53.9 Å². The molecule has 1 aliphatic heterocycles. The highest BCUT2D eigenvalue weighted by Gasteiger charge is 2.26. The average molecular weight is 311 g/mol. The van der Waals surface area contributed by atoms with Gasteiger partial charge in [0.05, 0.1) is 0 Å². The van der Waals surface area contributed by atoms with Crippen LogP contribution in [0.5, 0.6) is 0 Å². The van der Waals surface area contributed by atoms with Gasteiger partial charge in [-0.2, -0.15) is 0 Å². The number of amides is 1. The topological polar surface area (TPSA) is 37.3 Å². The molecule has 1 saturated heterocycles. The summed E-state index contributed by atoms with van der Waals surface area (Å²) < 4.78 is 2.01. The first-order valence-electron chi connectivity index (χ1n) is 8.35. The molecule has 1 aliphatic rings. The Labute approximate surface area is 138 Å². The second kappa shape index (κ2) is 7.01. The predicted octanol–water partition coefficient (Wildman–Crippen LogP) is 2.76. The standard InChI is InChI=1S/C19H25N3O/c1-20-13-15-7-6-12-22(14-15)19(23)18-11-10-17(21(18)2)16-8-4-3-5-9-16/h3-5,8-11,15,20H,6-7,12-14H2,1-2H3/t15-/m1/s1. The van der Waals surface area contributed by atoms with Crippen molar-refractivity contribution in [3.8, 4) is 11.3 Å². The lowest BCUT2D eigenvalue weighted by Crippen LogP contribution is -2.43.